The number of benzene rings is 4. The first kappa shape index (κ1) is 24.9. The van der Waals surface area contributed by atoms with Gasteiger partial charge in [0.2, 0.25) is 5.88 Å². The highest BCUT2D eigenvalue weighted by atomic mass is 16.5. The van der Waals surface area contributed by atoms with Crippen LogP contribution in [0.25, 0.3) is 55.4 Å². The fourth-order valence-corrected chi connectivity index (χ4v) is 5.15. The summed E-state index contributed by atoms with van der Waals surface area (Å²) in [6.07, 6.45) is 4.55. The van der Waals surface area contributed by atoms with Crippen LogP contribution in [0.3, 0.4) is 0 Å². The molecule has 0 saturated heterocycles. The number of nitrogens with zero attached hydrogens (tertiary/aromatic N) is 2. The third-order valence-electron chi connectivity index (χ3n) is 7.49. The summed E-state index contributed by atoms with van der Waals surface area (Å²) in [5.74, 6) is 1.54. The summed E-state index contributed by atoms with van der Waals surface area (Å²) in [6.45, 7) is 5.02. The van der Waals surface area contributed by atoms with Crippen molar-refractivity contribution in [2.45, 2.75) is 39.5 Å². The van der Waals surface area contributed by atoms with Gasteiger partial charge in [-0.05, 0) is 59.5 Å². The van der Waals surface area contributed by atoms with Gasteiger partial charge in [-0.2, -0.15) is 4.98 Å². The lowest BCUT2D eigenvalue weighted by Crippen LogP contribution is -2.12. The number of fused-ring (bicyclic) bond motifs is 4. The van der Waals surface area contributed by atoms with Gasteiger partial charge in [-0.3, -0.25) is 0 Å². The standard InChI is InChI=1S/C34H32N2O3/c1-3-5-10-22(4-2)21-38-33-20-29(35-34(36-33)27-13-8-9-14-30(27)37)25-15-16-26-28-17-23-11-6-7-12-24(23)18-32(28)39-31(26)19-25/h6-9,11-20,22,37H,3-5,10,21H2,1-2H3. The summed E-state index contributed by atoms with van der Waals surface area (Å²) in [7, 11) is 0. The van der Waals surface area contributed by atoms with Crippen molar-refractivity contribution >= 4 is 32.7 Å². The Balaban J connectivity index is 1.42. The number of para-hydroxylation sites is 1. The lowest BCUT2D eigenvalue weighted by molar-refractivity contribution is 0.226. The number of ether oxygens (including phenoxy) is 1. The van der Waals surface area contributed by atoms with Gasteiger partial charge in [-0.1, -0.05) is 75.6 Å². The number of aromatic hydroxyl groups is 1. The van der Waals surface area contributed by atoms with Crippen LogP contribution in [-0.4, -0.2) is 21.7 Å². The molecule has 2 aromatic heterocycles. The van der Waals surface area contributed by atoms with Crippen LogP contribution >= 0.6 is 0 Å². The molecular formula is C34H32N2O3. The third-order valence-corrected chi connectivity index (χ3v) is 7.49. The SMILES string of the molecule is CCCCC(CC)COc1cc(-c2ccc3c(c2)oc2cc4ccccc4cc23)nc(-c2ccccc2O)n1. The van der Waals surface area contributed by atoms with Gasteiger partial charge in [0, 0.05) is 22.4 Å². The largest absolute Gasteiger partial charge is 0.507 e. The summed E-state index contributed by atoms with van der Waals surface area (Å²) in [6, 6.07) is 27.8. The van der Waals surface area contributed by atoms with Crippen LogP contribution < -0.4 is 4.74 Å². The van der Waals surface area contributed by atoms with Crippen LogP contribution in [0.4, 0.5) is 0 Å². The van der Waals surface area contributed by atoms with Gasteiger partial charge in [0.1, 0.15) is 16.9 Å². The molecule has 0 aliphatic carbocycles. The van der Waals surface area contributed by atoms with E-state index in [9.17, 15) is 5.11 Å². The number of phenols is 1. The van der Waals surface area contributed by atoms with Crippen LogP contribution in [0.15, 0.2) is 89.3 Å². The molecule has 1 N–H and O–H groups in total. The first-order valence-electron chi connectivity index (χ1n) is 13.8. The van der Waals surface area contributed by atoms with Gasteiger partial charge in [-0.25, -0.2) is 4.98 Å². The van der Waals surface area contributed by atoms with E-state index in [4.69, 9.17) is 14.1 Å². The van der Waals surface area contributed by atoms with E-state index in [2.05, 4.69) is 61.3 Å². The number of phenolic OH excluding ortho intramolecular Hbond substituents is 1. The average molecular weight is 517 g/mol. The molecule has 39 heavy (non-hydrogen) atoms. The van der Waals surface area contributed by atoms with Crippen molar-refractivity contribution in [3.8, 4) is 34.3 Å². The molecule has 5 nitrogen and oxygen atoms in total. The summed E-state index contributed by atoms with van der Waals surface area (Å²) in [4.78, 5) is 9.53. The minimum atomic E-state index is 0.134. The minimum Gasteiger partial charge on any atom is -0.507 e. The highest BCUT2D eigenvalue weighted by Crippen LogP contribution is 2.36. The van der Waals surface area contributed by atoms with E-state index in [1.807, 2.05) is 30.3 Å². The second kappa shape index (κ2) is 10.8. The highest BCUT2D eigenvalue weighted by molar-refractivity contribution is 6.10. The zero-order valence-electron chi connectivity index (χ0n) is 22.4. The normalized spacial score (nSPS) is 12.4. The lowest BCUT2D eigenvalue weighted by Gasteiger charge is -2.16. The van der Waals surface area contributed by atoms with Crippen molar-refractivity contribution in [2.75, 3.05) is 6.61 Å². The van der Waals surface area contributed by atoms with Gasteiger partial charge in [0.15, 0.2) is 5.82 Å². The van der Waals surface area contributed by atoms with Gasteiger partial charge in [0.25, 0.3) is 0 Å². The molecule has 5 heteroatoms. The molecule has 0 saturated carbocycles. The Morgan fingerprint density at radius 3 is 2.38 bits per heavy atom. The molecule has 4 aromatic carbocycles. The number of unbranched alkanes of at least 4 members (excludes halogenated alkanes) is 1. The van der Waals surface area contributed by atoms with E-state index in [0.29, 0.717) is 35.5 Å². The molecule has 1 atom stereocenters. The minimum absolute atomic E-state index is 0.134. The molecule has 6 rings (SSSR count). The molecule has 0 spiro atoms. The maximum Gasteiger partial charge on any atom is 0.217 e. The fourth-order valence-electron chi connectivity index (χ4n) is 5.15. The van der Waals surface area contributed by atoms with Crippen molar-refractivity contribution in [2.24, 2.45) is 5.92 Å². The van der Waals surface area contributed by atoms with Crippen LogP contribution in [0.1, 0.15) is 39.5 Å². The Kier molecular flexibility index (Phi) is 6.89. The van der Waals surface area contributed by atoms with Crippen molar-refractivity contribution in [3.63, 3.8) is 0 Å². The molecule has 0 amide bonds. The van der Waals surface area contributed by atoms with E-state index in [-0.39, 0.29) is 5.75 Å². The maximum absolute atomic E-state index is 10.5. The predicted octanol–water partition coefficient (Wildman–Crippen LogP) is 9.16. The van der Waals surface area contributed by atoms with E-state index in [1.54, 1.807) is 12.1 Å². The molecule has 0 fully saturated rings. The Bertz CT molecular complexity index is 1770. The van der Waals surface area contributed by atoms with Crippen molar-refractivity contribution < 1.29 is 14.3 Å². The van der Waals surface area contributed by atoms with Crippen LogP contribution in [0.2, 0.25) is 0 Å². The van der Waals surface area contributed by atoms with Gasteiger partial charge in [-0.15, -0.1) is 0 Å². The van der Waals surface area contributed by atoms with Crippen molar-refractivity contribution in [1.29, 1.82) is 0 Å². The van der Waals surface area contributed by atoms with Gasteiger partial charge < -0.3 is 14.3 Å². The molecule has 196 valence electrons. The van der Waals surface area contributed by atoms with Crippen LogP contribution in [-0.2, 0) is 0 Å². The molecule has 0 aliphatic heterocycles. The monoisotopic (exact) mass is 516 g/mol. The van der Waals surface area contributed by atoms with E-state index >= 15 is 0 Å². The number of hydrogen-bond acceptors (Lipinski definition) is 5. The van der Waals surface area contributed by atoms with E-state index in [0.717, 1.165) is 45.7 Å². The summed E-state index contributed by atoms with van der Waals surface area (Å²) < 4.78 is 12.5. The number of rotatable bonds is 9. The van der Waals surface area contributed by atoms with Crippen LogP contribution in [0.5, 0.6) is 11.6 Å². The smallest absolute Gasteiger partial charge is 0.217 e. The number of hydrogen-bond donors (Lipinski definition) is 1. The molecule has 6 aromatic rings. The number of aromatic nitrogens is 2. The zero-order valence-corrected chi connectivity index (χ0v) is 22.4. The molecule has 0 bridgehead atoms. The predicted molar refractivity (Wildman–Crippen MR) is 158 cm³/mol. The first-order valence-corrected chi connectivity index (χ1v) is 13.8. The van der Waals surface area contributed by atoms with Crippen LogP contribution in [0, 0.1) is 5.92 Å². The molecule has 0 radical (unpaired) electrons. The van der Waals surface area contributed by atoms with Gasteiger partial charge in [0.05, 0.1) is 17.9 Å². The van der Waals surface area contributed by atoms with Crippen molar-refractivity contribution in [3.05, 3.63) is 84.9 Å². The summed E-state index contributed by atoms with van der Waals surface area (Å²) in [5.41, 5.74) is 3.84. The average Bonchev–Trinajstić information content (AvgIpc) is 3.32. The first-order chi connectivity index (χ1) is 19.1. The van der Waals surface area contributed by atoms with Gasteiger partial charge >= 0.3 is 0 Å². The second-order valence-electron chi connectivity index (χ2n) is 10.2. The molecular weight excluding hydrogens is 484 g/mol. The Hall–Kier alpha value is -4.38. The quantitative estimate of drug-likeness (QED) is 0.207. The second-order valence-corrected chi connectivity index (χ2v) is 10.2. The summed E-state index contributed by atoms with van der Waals surface area (Å²) >= 11 is 0. The Labute approximate surface area is 228 Å². The Morgan fingerprint density at radius 2 is 1.59 bits per heavy atom. The Morgan fingerprint density at radius 1 is 0.821 bits per heavy atom. The molecule has 0 aliphatic rings. The fraction of sp³-hybridized carbons (Fsp3) is 0.235. The molecule has 2 heterocycles. The summed E-state index contributed by atoms with van der Waals surface area (Å²) in [5, 5.41) is 15.0. The zero-order chi connectivity index (χ0) is 26.8. The van der Waals surface area contributed by atoms with E-state index < -0.39 is 0 Å². The third kappa shape index (κ3) is 5.05. The highest BCUT2D eigenvalue weighted by Gasteiger charge is 2.16. The van der Waals surface area contributed by atoms with E-state index in [1.165, 1.54) is 18.2 Å². The topological polar surface area (TPSA) is 68.4 Å². The molecule has 1 unspecified atom stereocenters. The maximum atomic E-state index is 10.5. The number of furan rings is 1. The lowest BCUT2D eigenvalue weighted by atomic mass is 10.0. The van der Waals surface area contributed by atoms with Crippen molar-refractivity contribution in [1.82, 2.24) is 9.97 Å².